The van der Waals surface area contributed by atoms with Crippen molar-refractivity contribution in [2.75, 3.05) is 25.5 Å². The number of nitrogens with one attached hydrogen (secondary N) is 1. The maximum absolute atomic E-state index is 12.1. The second-order valence-corrected chi connectivity index (χ2v) is 5.88. The number of imide groups is 1. The zero-order valence-corrected chi connectivity index (χ0v) is 14.6. The van der Waals surface area contributed by atoms with Crippen molar-refractivity contribution in [3.63, 3.8) is 0 Å². The van der Waals surface area contributed by atoms with Crippen LogP contribution in [0, 0.1) is 0 Å². The van der Waals surface area contributed by atoms with Gasteiger partial charge in [-0.2, -0.15) is 0 Å². The summed E-state index contributed by atoms with van der Waals surface area (Å²) in [6.07, 6.45) is -1.14. The molecule has 138 valence electrons. The molecule has 0 bridgehead atoms. The molecule has 1 aliphatic heterocycles. The summed E-state index contributed by atoms with van der Waals surface area (Å²) in [6, 6.07) is 5.74. The first-order chi connectivity index (χ1) is 12.2. The Labute approximate surface area is 149 Å². The van der Waals surface area contributed by atoms with Crippen LogP contribution in [0.2, 0.25) is 0 Å². The Morgan fingerprint density at radius 1 is 1.27 bits per heavy atom. The maximum atomic E-state index is 12.1. The van der Waals surface area contributed by atoms with Gasteiger partial charge in [-0.05, 0) is 26.0 Å². The maximum Gasteiger partial charge on any atom is 0.327 e. The summed E-state index contributed by atoms with van der Waals surface area (Å²) in [6.45, 7) is 2.11. The van der Waals surface area contributed by atoms with E-state index in [0.717, 1.165) is 4.90 Å². The van der Waals surface area contributed by atoms with E-state index in [9.17, 15) is 24.0 Å². The second kappa shape index (κ2) is 7.77. The molecule has 1 fully saturated rings. The molecule has 1 aliphatic rings. The number of ether oxygens (including phenoxy) is 1. The Bertz CT molecular complexity index is 776. The van der Waals surface area contributed by atoms with Crippen molar-refractivity contribution in [1.29, 1.82) is 0 Å². The number of urea groups is 1. The third kappa shape index (κ3) is 4.44. The molecule has 0 saturated carbocycles. The molecule has 4 amide bonds. The van der Waals surface area contributed by atoms with Crippen LogP contribution in [-0.4, -0.2) is 65.6 Å². The lowest BCUT2D eigenvalue weighted by atomic mass is 10.1. The zero-order valence-electron chi connectivity index (χ0n) is 14.6. The monoisotopic (exact) mass is 361 g/mol. The molecule has 0 aromatic heterocycles. The highest BCUT2D eigenvalue weighted by atomic mass is 16.5. The SMILES string of the molecule is CC(=O)c1cccc(NC(=O)[C@H](C)OC(=O)CN2C(=O)CN(C)C2=O)c1. The number of hydrogen-bond donors (Lipinski definition) is 1. The van der Waals surface area contributed by atoms with Crippen molar-refractivity contribution in [2.24, 2.45) is 0 Å². The lowest BCUT2D eigenvalue weighted by molar-refractivity contribution is -0.154. The number of likely N-dealkylation sites (N-methyl/N-ethyl adjacent to an activating group) is 1. The fraction of sp³-hybridized carbons (Fsp3) is 0.353. The average molecular weight is 361 g/mol. The largest absolute Gasteiger partial charge is 0.451 e. The number of anilines is 1. The number of nitrogens with zero attached hydrogens (tertiary/aromatic N) is 2. The third-order valence-electron chi connectivity index (χ3n) is 3.73. The molecule has 1 saturated heterocycles. The molecule has 2 rings (SSSR count). The highest BCUT2D eigenvalue weighted by molar-refractivity contribution is 6.04. The number of hydrogen-bond acceptors (Lipinski definition) is 6. The van der Waals surface area contributed by atoms with Crippen molar-refractivity contribution in [3.8, 4) is 0 Å². The number of benzene rings is 1. The van der Waals surface area contributed by atoms with Gasteiger partial charge in [0.1, 0.15) is 13.1 Å². The number of rotatable bonds is 6. The molecule has 0 radical (unpaired) electrons. The van der Waals surface area contributed by atoms with Gasteiger partial charge in [-0.1, -0.05) is 12.1 Å². The summed E-state index contributed by atoms with van der Waals surface area (Å²) in [7, 11) is 1.44. The summed E-state index contributed by atoms with van der Waals surface area (Å²) in [5, 5.41) is 2.54. The van der Waals surface area contributed by atoms with Crippen LogP contribution in [0.4, 0.5) is 10.5 Å². The van der Waals surface area contributed by atoms with Crippen LogP contribution in [0.5, 0.6) is 0 Å². The number of carbonyl (C=O) groups excluding carboxylic acids is 5. The number of amides is 4. The highest BCUT2D eigenvalue weighted by Crippen LogP contribution is 2.12. The van der Waals surface area contributed by atoms with E-state index in [2.05, 4.69) is 5.32 Å². The van der Waals surface area contributed by atoms with Crippen molar-refractivity contribution in [2.45, 2.75) is 20.0 Å². The Morgan fingerprint density at radius 2 is 1.96 bits per heavy atom. The summed E-state index contributed by atoms with van der Waals surface area (Å²) < 4.78 is 4.97. The van der Waals surface area contributed by atoms with Gasteiger partial charge >= 0.3 is 12.0 Å². The van der Waals surface area contributed by atoms with Crippen LogP contribution in [0.3, 0.4) is 0 Å². The fourth-order valence-corrected chi connectivity index (χ4v) is 2.30. The van der Waals surface area contributed by atoms with Crippen LogP contribution in [0.25, 0.3) is 0 Å². The van der Waals surface area contributed by atoms with Gasteiger partial charge in [0, 0.05) is 18.3 Å². The fourth-order valence-electron chi connectivity index (χ4n) is 2.30. The molecule has 9 nitrogen and oxygen atoms in total. The Hall–Kier alpha value is -3.23. The lowest BCUT2D eigenvalue weighted by Gasteiger charge is -2.17. The van der Waals surface area contributed by atoms with E-state index >= 15 is 0 Å². The van der Waals surface area contributed by atoms with Crippen LogP contribution in [0.1, 0.15) is 24.2 Å². The minimum absolute atomic E-state index is 0.103. The molecule has 1 heterocycles. The van der Waals surface area contributed by atoms with Gasteiger partial charge in [-0.15, -0.1) is 0 Å². The molecule has 0 spiro atoms. The number of esters is 1. The summed E-state index contributed by atoms with van der Waals surface area (Å²) in [4.78, 5) is 60.7. The van der Waals surface area contributed by atoms with Gasteiger partial charge < -0.3 is 15.0 Å². The molecule has 26 heavy (non-hydrogen) atoms. The van der Waals surface area contributed by atoms with E-state index in [4.69, 9.17) is 4.74 Å². The quantitative estimate of drug-likeness (QED) is 0.452. The Morgan fingerprint density at radius 3 is 2.54 bits per heavy atom. The predicted molar refractivity (Wildman–Crippen MR) is 90.4 cm³/mol. The molecule has 0 aliphatic carbocycles. The van der Waals surface area contributed by atoms with Gasteiger partial charge in [0.25, 0.3) is 11.8 Å². The van der Waals surface area contributed by atoms with Crippen LogP contribution >= 0.6 is 0 Å². The summed E-state index contributed by atoms with van der Waals surface area (Å²) in [5.74, 6) is -2.13. The van der Waals surface area contributed by atoms with Gasteiger partial charge in [0.05, 0.1) is 0 Å². The normalized spacial score (nSPS) is 15.0. The van der Waals surface area contributed by atoms with E-state index < -0.39 is 36.5 Å². The molecular weight excluding hydrogens is 342 g/mol. The Balaban J connectivity index is 1.91. The van der Waals surface area contributed by atoms with Crippen LogP contribution in [0.15, 0.2) is 24.3 Å². The van der Waals surface area contributed by atoms with Crippen molar-refractivity contribution in [3.05, 3.63) is 29.8 Å². The predicted octanol–water partition coefficient (Wildman–Crippen LogP) is 0.653. The van der Waals surface area contributed by atoms with Crippen LogP contribution in [-0.2, 0) is 19.1 Å². The average Bonchev–Trinajstić information content (AvgIpc) is 2.81. The minimum Gasteiger partial charge on any atom is -0.451 e. The number of carbonyl (C=O) groups is 5. The van der Waals surface area contributed by atoms with Gasteiger partial charge in [-0.25, -0.2) is 4.79 Å². The first-order valence-electron chi connectivity index (χ1n) is 7.86. The first-order valence-corrected chi connectivity index (χ1v) is 7.86. The van der Waals surface area contributed by atoms with Gasteiger partial charge in [0.2, 0.25) is 0 Å². The van der Waals surface area contributed by atoms with Crippen LogP contribution < -0.4 is 5.32 Å². The van der Waals surface area contributed by atoms with E-state index in [1.165, 1.54) is 31.9 Å². The van der Waals surface area contributed by atoms with Crippen molar-refractivity contribution >= 4 is 35.3 Å². The second-order valence-electron chi connectivity index (χ2n) is 5.88. The molecular formula is C17H19N3O6. The Kier molecular flexibility index (Phi) is 5.71. The lowest BCUT2D eigenvalue weighted by Crippen LogP contribution is -2.39. The summed E-state index contributed by atoms with van der Waals surface area (Å²) >= 11 is 0. The van der Waals surface area contributed by atoms with Gasteiger partial charge in [-0.3, -0.25) is 24.1 Å². The van der Waals surface area contributed by atoms with Gasteiger partial charge in [0.15, 0.2) is 11.9 Å². The van der Waals surface area contributed by atoms with E-state index in [1.54, 1.807) is 18.2 Å². The minimum atomic E-state index is -1.14. The molecule has 1 aromatic rings. The van der Waals surface area contributed by atoms with Crippen molar-refractivity contribution < 1.29 is 28.7 Å². The molecule has 1 N–H and O–H groups in total. The van der Waals surface area contributed by atoms with E-state index in [-0.39, 0.29) is 12.3 Å². The molecule has 1 atom stereocenters. The van der Waals surface area contributed by atoms with E-state index in [1.807, 2.05) is 0 Å². The topological polar surface area (TPSA) is 113 Å². The smallest absolute Gasteiger partial charge is 0.327 e. The zero-order chi connectivity index (χ0) is 19.4. The number of ketones is 1. The standard InChI is InChI=1S/C17H19N3O6/c1-10(21)12-5-4-6-13(7-12)18-16(24)11(2)26-15(23)9-20-14(22)8-19(3)17(20)25/h4-7,11H,8-9H2,1-3H3,(H,18,24)/t11-/m0/s1. The number of Topliss-reactive ketones (excluding diaryl/α,β-unsaturated/α-hetero) is 1. The highest BCUT2D eigenvalue weighted by Gasteiger charge is 2.35. The molecule has 1 aromatic carbocycles. The molecule has 9 heteroatoms. The third-order valence-corrected chi connectivity index (χ3v) is 3.73. The summed E-state index contributed by atoms with van der Waals surface area (Å²) in [5.41, 5.74) is 0.819. The molecule has 0 unspecified atom stereocenters. The van der Waals surface area contributed by atoms with Crippen molar-refractivity contribution in [1.82, 2.24) is 9.80 Å². The van der Waals surface area contributed by atoms with E-state index in [0.29, 0.717) is 11.3 Å². The first kappa shape index (κ1) is 19.1.